The number of ether oxygens (including phenoxy) is 2. The van der Waals surface area contributed by atoms with Crippen LogP contribution in [-0.4, -0.2) is 44.2 Å². The van der Waals surface area contributed by atoms with Gasteiger partial charge >= 0.3 is 0 Å². The Bertz CT molecular complexity index is 468. The van der Waals surface area contributed by atoms with Crippen molar-refractivity contribution in [2.24, 2.45) is 5.73 Å². The minimum absolute atomic E-state index is 0.114. The van der Waals surface area contributed by atoms with E-state index in [0.29, 0.717) is 12.2 Å². The van der Waals surface area contributed by atoms with Gasteiger partial charge in [-0.1, -0.05) is 0 Å². The first kappa shape index (κ1) is 14.7. The predicted molar refractivity (Wildman–Crippen MR) is 77.0 cm³/mol. The van der Waals surface area contributed by atoms with Crippen molar-refractivity contribution >= 4 is 5.91 Å². The maximum atomic E-state index is 12.3. The molecule has 2 rings (SSSR count). The number of methoxy groups -OCH3 is 2. The summed E-state index contributed by atoms with van der Waals surface area (Å²) in [7, 11) is 3.22. The lowest BCUT2D eigenvalue weighted by Gasteiger charge is -2.30. The van der Waals surface area contributed by atoms with E-state index in [1.165, 1.54) is 0 Å². The van der Waals surface area contributed by atoms with Gasteiger partial charge in [-0.25, -0.2) is 0 Å². The molecule has 1 heterocycles. The average molecular weight is 278 g/mol. The van der Waals surface area contributed by atoms with Crippen molar-refractivity contribution in [2.75, 3.05) is 27.3 Å². The van der Waals surface area contributed by atoms with Gasteiger partial charge in [0.15, 0.2) is 0 Å². The zero-order valence-corrected chi connectivity index (χ0v) is 12.1. The number of carbonyl (C=O) groups is 1. The van der Waals surface area contributed by atoms with Crippen LogP contribution >= 0.6 is 0 Å². The van der Waals surface area contributed by atoms with E-state index >= 15 is 0 Å². The molecule has 5 nitrogen and oxygen atoms in total. The first-order valence-corrected chi connectivity index (χ1v) is 6.88. The number of nitrogens with zero attached hydrogens (tertiary/aromatic N) is 1. The number of carbonyl (C=O) groups excluding carboxylic acids is 1. The molecule has 0 spiro atoms. The van der Waals surface area contributed by atoms with Gasteiger partial charge < -0.3 is 20.1 Å². The van der Waals surface area contributed by atoms with Gasteiger partial charge in [-0.2, -0.15) is 0 Å². The van der Waals surface area contributed by atoms with Gasteiger partial charge in [0, 0.05) is 24.7 Å². The highest BCUT2D eigenvalue weighted by Crippen LogP contribution is 2.25. The average Bonchev–Trinajstić information content (AvgIpc) is 2.47. The van der Waals surface area contributed by atoms with Crippen molar-refractivity contribution < 1.29 is 14.3 Å². The Morgan fingerprint density at radius 1 is 1.30 bits per heavy atom. The van der Waals surface area contributed by atoms with Crippen LogP contribution in [0, 0.1) is 0 Å². The molecule has 20 heavy (non-hydrogen) atoms. The molecule has 1 aromatic rings. The van der Waals surface area contributed by atoms with Crippen LogP contribution in [0.3, 0.4) is 0 Å². The van der Waals surface area contributed by atoms with Crippen LogP contribution in [0.1, 0.15) is 18.4 Å². The quantitative estimate of drug-likeness (QED) is 0.898. The van der Waals surface area contributed by atoms with Crippen LogP contribution in [0.5, 0.6) is 11.5 Å². The smallest absolute Gasteiger partial charge is 0.227 e. The van der Waals surface area contributed by atoms with E-state index in [1.807, 2.05) is 23.1 Å². The summed E-state index contributed by atoms with van der Waals surface area (Å²) in [6.07, 6.45) is 2.08. The molecule has 0 aliphatic carbocycles. The van der Waals surface area contributed by atoms with Crippen LogP contribution in [0.25, 0.3) is 0 Å². The summed E-state index contributed by atoms with van der Waals surface area (Å²) in [5, 5.41) is 0. The molecule has 1 aliphatic heterocycles. The second-order valence-corrected chi connectivity index (χ2v) is 5.07. The summed E-state index contributed by atoms with van der Waals surface area (Å²) in [5.41, 5.74) is 6.71. The molecule has 0 atom stereocenters. The molecule has 1 aromatic carbocycles. The number of piperidine rings is 1. The van der Waals surface area contributed by atoms with Crippen molar-refractivity contribution in [1.82, 2.24) is 4.90 Å². The van der Waals surface area contributed by atoms with Crippen molar-refractivity contribution in [3.8, 4) is 11.5 Å². The molecule has 0 radical (unpaired) electrons. The standard InChI is InChI=1S/C15H22N2O3/c1-19-13-3-4-14(20-2)11(9-13)10-15(18)17-7-5-12(16)6-8-17/h3-4,9,12H,5-8,10,16H2,1-2H3. The molecule has 2 N–H and O–H groups in total. The van der Waals surface area contributed by atoms with E-state index in [0.717, 1.165) is 37.2 Å². The third-order valence-electron chi connectivity index (χ3n) is 3.72. The normalized spacial score (nSPS) is 16.1. The van der Waals surface area contributed by atoms with Crippen LogP contribution < -0.4 is 15.2 Å². The number of nitrogens with two attached hydrogens (primary N) is 1. The van der Waals surface area contributed by atoms with Crippen LogP contribution in [0.15, 0.2) is 18.2 Å². The predicted octanol–water partition coefficient (Wildman–Crippen LogP) is 1.20. The third-order valence-corrected chi connectivity index (χ3v) is 3.72. The van der Waals surface area contributed by atoms with Gasteiger partial charge in [-0.3, -0.25) is 4.79 Å². The van der Waals surface area contributed by atoms with E-state index in [-0.39, 0.29) is 11.9 Å². The second-order valence-electron chi connectivity index (χ2n) is 5.07. The van der Waals surface area contributed by atoms with Crippen LogP contribution in [0.2, 0.25) is 0 Å². The SMILES string of the molecule is COc1ccc(OC)c(CC(=O)N2CCC(N)CC2)c1. The highest BCUT2D eigenvalue weighted by Gasteiger charge is 2.21. The van der Waals surface area contributed by atoms with Crippen molar-refractivity contribution in [2.45, 2.75) is 25.3 Å². The molecule has 0 bridgehead atoms. The van der Waals surface area contributed by atoms with Gasteiger partial charge in [0.25, 0.3) is 0 Å². The Labute approximate surface area is 119 Å². The number of likely N-dealkylation sites (tertiary alicyclic amines) is 1. The zero-order chi connectivity index (χ0) is 14.5. The van der Waals surface area contributed by atoms with E-state index in [1.54, 1.807) is 14.2 Å². The van der Waals surface area contributed by atoms with Gasteiger partial charge in [-0.15, -0.1) is 0 Å². The van der Waals surface area contributed by atoms with Gasteiger partial charge in [0.1, 0.15) is 11.5 Å². The Morgan fingerprint density at radius 2 is 2.00 bits per heavy atom. The first-order valence-electron chi connectivity index (χ1n) is 6.88. The monoisotopic (exact) mass is 278 g/mol. The molecule has 0 unspecified atom stereocenters. The molecule has 0 saturated carbocycles. The molecule has 5 heteroatoms. The van der Waals surface area contributed by atoms with E-state index in [2.05, 4.69) is 0 Å². The lowest BCUT2D eigenvalue weighted by Crippen LogP contribution is -2.43. The van der Waals surface area contributed by atoms with E-state index < -0.39 is 0 Å². The Morgan fingerprint density at radius 3 is 2.60 bits per heavy atom. The van der Waals surface area contributed by atoms with Crippen LogP contribution in [-0.2, 0) is 11.2 Å². The topological polar surface area (TPSA) is 64.8 Å². The Balaban J connectivity index is 2.06. The van der Waals surface area contributed by atoms with Crippen molar-refractivity contribution in [3.05, 3.63) is 23.8 Å². The molecular weight excluding hydrogens is 256 g/mol. The van der Waals surface area contributed by atoms with Crippen molar-refractivity contribution in [1.29, 1.82) is 0 Å². The van der Waals surface area contributed by atoms with Gasteiger partial charge in [0.2, 0.25) is 5.91 Å². The number of benzene rings is 1. The molecule has 110 valence electrons. The third kappa shape index (κ3) is 3.42. The summed E-state index contributed by atoms with van der Waals surface area (Å²) >= 11 is 0. The molecule has 1 amide bonds. The highest BCUT2D eigenvalue weighted by atomic mass is 16.5. The number of rotatable bonds is 4. The summed E-state index contributed by atoms with van der Waals surface area (Å²) in [6, 6.07) is 5.73. The van der Waals surface area contributed by atoms with E-state index in [9.17, 15) is 4.79 Å². The fourth-order valence-corrected chi connectivity index (χ4v) is 2.44. The number of hydrogen-bond acceptors (Lipinski definition) is 4. The molecular formula is C15H22N2O3. The molecule has 1 fully saturated rings. The zero-order valence-electron chi connectivity index (χ0n) is 12.1. The molecule has 1 saturated heterocycles. The van der Waals surface area contributed by atoms with Crippen molar-refractivity contribution in [3.63, 3.8) is 0 Å². The lowest BCUT2D eigenvalue weighted by molar-refractivity contribution is -0.131. The molecule has 0 aromatic heterocycles. The largest absolute Gasteiger partial charge is 0.497 e. The summed E-state index contributed by atoms with van der Waals surface area (Å²) in [6.45, 7) is 1.48. The van der Waals surface area contributed by atoms with Gasteiger partial charge in [-0.05, 0) is 31.0 Å². The Kier molecular flexibility index (Phi) is 4.84. The van der Waals surface area contributed by atoms with E-state index in [4.69, 9.17) is 15.2 Å². The first-order chi connectivity index (χ1) is 9.63. The fraction of sp³-hybridized carbons (Fsp3) is 0.533. The minimum atomic E-state index is 0.114. The second kappa shape index (κ2) is 6.61. The Hall–Kier alpha value is -1.75. The van der Waals surface area contributed by atoms with Gasteiger partial charge in [0.05, 0.1) is 20.6 Å². The maximum Gasteiger partial charge on any atom is 0.227 e. The summed E-state index contributed by atoms with van der Waals surface area (Å²) in [5.74, 6) is 1.56. The summed E-state index contributed by atoms with van der Waals surface area (Å²) in [4.78, 5) is 14.2. The number of amides is 1. The minimum Gasteiger partial charge on any atom is -0.497 e. The maximum absolute atomic E-state index is 12.3. The lowest BCUT2D eigenvalue weighted by atomic mass is 10.0. The highest BCUT2D eigenvalue weighted by molar-refractivity contribution is 5.79. The van der Waals surface area contributed by atoms with Crippen LogP contribution in [0.4, 0.5) is 0 Å². The molecule has 1 aliphatic rings. The fourth-order valence-electron chi connectivity index (χ4n) is 2.44. The summed E-state index contributed by atoms with van der Waals surface area (Å²) < 4.78 is 10.5. The number of hydrogen-bond donors (Lipinski definition) is 1.